The minimum atomic E-state index is 0.277. The summed E-state index contributed by atoms with van der Waals surface area (Å²) in [5.74, 6) is 0.576. The van der Waals surface area contributed by atoms with Crippen LogP contribution in [0.3, 0.4) is 0 Å². The van der Waals surface area contributed by atoms with E-state index < -0.39 is 0 Å². The average Bonchev–Trinajstić information content (AvgIpc) is 2.66. The van der Waals surface area contributed by atoms with Gasteiger partial charge in [0.1, 0.15) is 14.1 Å². The lowest BCUT2D eigenvalue weighted by atomic mass is 10.3. The summed E-state index contributed by atoms with van der Waals surface area (Å²) in [5.41, 5.74) is 1.93. The van der Waals surface area contributed by atoms with Crippen molar-refractivity contribution in [1.82, 2.24) is 0 Å². The zero-order chi connectivity index (χ0) is 13.2. The minimum absolute atomic E-state index is 0.277. The van der Waals surface area contributed by atoms with E-state index in [9.17, 15) is 0 Å². The third-order valence-electron chi connectivity index (χ3n) is 2.62. The number of azo groups is 1. The summed E-state index contributed by atoms with van der Waals surface area (Å²) < 4.78 is 0.277. The fourth-order valence-corrected chi connectivity index (χ4v) is 1.45. The van der Waals surface area contributed by atoms with Gasteiger partial charge in [-0.25, -0.2) is 0 Å². The number of nitrogens with zero attached hydrogens (tertiary/aromatic N) is 6. The predicted octanol–water partition coefficient (Wildman–Crippen LogP) is 2.23. The molecule has 0 amide bonds. The van der Waals surface area contributed by atoms with E-state index in [2.05, 4.69) is 20.3 Å². The predicted molar refractivity (Wildman–Crippen MR) is 73.3 cm³/mol. The van der Waals surface area contributed by atoms with Crippen LogP contribution in [0, 0.1) is 0 Å². The molecule has 0 aliphatic carbocycles. The molecule has 0 N–H and O–H groups in total. The number of benzene rings is 1. The first-order valence-electron chi connectivity index (χ1n) is 5.64. The number of rotatable bonds is 2. The Balaban J connectivity index is 2.11. The van der Waals surface area contributed by atoms with Crippen molar-refractivity contribution in [2.45, 2.75) is 0 Å². The van der Waals surface area contributed by atoms with Crippen molar-refractivity contribution in [1.29, 1.82) is 0 Å². The van der Waals surface area contributed by atoms with Gasteiger partial charge in [-0.1, -0.05) is 10.2 Å². The Bertz CT molecular complexity index is 510. The zero-order valence-electron chi connectivity index (χ0n) is 11.1. The van der Waals surface area contributed by atoms with Gasteiger partial charge in [-0.2, -0.15) is 4.99 Å². The Kier molecular flexibility index (Phi) is 3.20. The molecule has 2 rings (SSSR count). The fourth-order valence-electron chi connectivity index (χ4n) is 1.45. The molecule has 0 aromatic heterocycles. The van der Waals surface area contributed by atoms with E-state index in [0.29, 0.717) is 5.96 Å². The average molecular weight is 245 g/mol. The van der Waals surface area contributed by atoms with E-state index in [0.717, 1.165) is 11.4 Å². The Morgan fingerprint density at radius 1 is 1.06 bits per heavy atom. The normalized spacial score (nSPS) is 17.2. The molecule has 6 nitrogen and oxygen atoms in total. The second-order valence-corrected chi connectivity index (χ2v) is 4.67. The van der Waals surface area contributed by atoms with E-state index in [1.165, 1.54) is 6.34 Å². The first-order valence-corrected chi connectivity index (χ1v) is 5.64. The highest BCUT2D eigenvalue weighted by molar-refractivity contribution is 5.85. The molecule has 18 heavy (non-hydrogen) atoms. The quantitative estimate of drug-likeness (QED) is 0.582. The molecule has 0 fully saturated rings. The van der Waals surface area contributed by atoms with Crippen molar-refractivity contribution < 1.29 is 4.59 Å². The second kappa shape index (κ2) is 4.66. The van der Waals surface area contributed by atoms with E-state index in [-0.39, 0.29) is 4.59 Å². The van der Waals surface area contributed by atoms with Gasteiger partial charge < -0.3 is 4.90 Å². The van der Waals surface area contributed by atoms with Crippen LogP contribution in [0.1, 0.15) is 0 Å². The molecular formula is C12H17N6+. The summed E-state index contributed by atoms with van der Waals surface area (Å²) in [7, 11) is 7.80. The van der Waals surface area contributed by atoms with Crippen LogP contribution in [0.25, 0.3) is 0 Å². The van der Waals surface area contributed by atoms with Crippen LogP contribution in [0.15, 0.2) is 44.6 Å². The molecule has 0 saturated carbocycles. The highest BCUT2D eigenvalue weighted by atomic mass is 15.7. The maximum absolute atomic E-state index is 4.16. The van der Waals surface area contributed by atoms with Crippen molar-refractivity contribution in [3.05, 3.63) is 24.3 Å². The number of hydrogen-bond donors (Lipinski definition) is 0. The van der Waals surface area contributed by atoms with Gasteiger partial charge in [0.05, 0.1) is 5.69 Å². The van der Waals surface area contributed by atoms with Crippen molar-refractivity contribution in [2.24, 2.45) is 20.3 Å². The number of aliphatic imine (C=N–C) groups is 1. The molecule has 6 heteroatoms. The Hall–Kier alpha value is -2.08. The summed E-state index contributed by atoms with van der Waals surface area (Å²) in [6, 6.07) is 7.85. The lowest BCUT2D eigenvalue weighted by molar-refractivity contribution is -0.804. The molecule has 1 aromatic carbocycles. The van der Waals surface area contributed by atoms with E-state index in [1.54, 1.807) is 0 Å². The molecule has 1 aliphatic rings. The standard InChI is InChI=1S/C12H17N6/c1-17(2)11-7-5-10(6-8-11)15-16-12-13-9-14-18(12,3)4/h5-9H,1-4H3/q+1. The number of guanidine groups is 1. The van der Waals surface area contributed by atoms with Crippen LogP contribution in [0.5, 0.6) is 0 Å². The number of hydrogen-bond acceptors (Lipinski definition) is 5. The Labute approximate surface area is 107 Å². The van der Waals surface area contributed by atoms with Crippen molar-refractivity contribution in [3.8, 4) is 0 Å². The van der Waals surface area contributed by atoms with Gasteiger partial charge in [0.2, 0.25) is 0 Å². The molecule has 0 atom stereocenters. The highest BCUT2D eigenvalue weighted by Gasteiger charge is 2.27. The minimum Gasteiger partial charge on any atom is -0.378 e. The topological polar surface area (TPSA) is 52.7 Å². The molecule has 0 spiro atoms. The third-order valence-corrected chi connectivity index (χ3v) is 2.62. The second-order valence-electron chi connectivity index (χ2n) is 4.67. The van der Waals surface area contributed by atoms with Crippen LogP contribution in [0.4, 0.5) is 11.4 Å². The first kappa shape index (κ1) is 12.4. The van der Waals surface area contributed by atoms with Crippen LogP contribution in [0.2, 0.25) is 0 Å². The molecule has 1 aliphatic heterocycles. The number of quaternary nitrogens is 1. The molecule has 1 heterocycles. The SMILES string of the molecule is CN(C)c1ccc(N=NC2=NC=N[N+]2(C)C)cc1. The maximum Gasteiger partial charge on any atom is 0.376 e. The van der Waals surface area contributed by atoms with Gasteiger partial charge in [-0.15, -0.1) is 9.71 Å². The number of anilines is 1. The smallest absolute Gasteiger partial charge is 0.376 e. The largest absolute Gasteiger partial charge is 0.378 e. The monoisotopic (exact) mass is 245 g/mol. The summed E-state index contributed by atoms with van der Waals surface area (Å²) in [6.07, 6.45) is 1.50. The van der Waals surface area contributed by atoms with E-state index >= 15 is 0 Å². The van der Waals surface area contributed by atoms with Crippen molar-refractivity contribution >= 4 is 23.7 Å². The lowest BCUT2D eigenvalue weighted by Gasteiger charge is -2.13. The summed E-state index contributed by atoms with van der Waals surface area (Å²) in [5, 5.41) is 12.4. The summed E-state index contributed by atoms with van der Waals surface area (Å²) in [4.78, 5) is 6.12. The molecule has 0 bridgehead atoms. The van der Waals surface area contributed by atoms with Gasteiger partial charge >= 0.3 is 5.96 Å². The van der Waals surface area contributed by atoms with Crippen LogP contribution in [-0.2, 0) is 0 Å². The Morgan fingerprint density at radius 2 is 1.72 bits per heavy atom. The van der Waals surface area contributed by atoms with Crippen LogP contribution < -0.4 is 4.90 Å². The molecule has 0 radical (unpaired) electrons. The van der Waals surface area contributed by atoms with Gasteiger partial charge in [0.15, 0.2) is 6.34 Å². The molecule has 0 unspecified atom stereocenters. The zero-order valence-corrected chi connectivity index (χ0v) is 11.1. The molecule has 0 saturated heterocycles. The van der Waals surface area contributed by atoms with Gasteiger partial charge in [-0.05, 0) is 24.3 Å². The van der Waals surface area contributed by atoms with E-state index in [4.69, 9.17) is 0 Å². The highest BCUT2D eigenvalue weighted by Crippen LogP contribution is 2.19. The third kappa shape index (κ3) is 2.60. The summed E-state index contributed by atoms with van der Waals surface area (Å²) >= 11 is 0. The summed E-state index contributed by atoms with van der Waals surface area (Å²) in [6.45, 7) is 0. The first-order chi connectivity index (χ1) is 8.49. The van der Waals surface area contributed by atoms with Crippen molar-refractivity contribution in [3.63, 3.8) is 0 Å². The lowest BCUT2D eigenvalue weighted by Crippen LogP contribution is -2.36. The van der Waals surface area contributed by atoms with Crippen LogP contribution in [-0.4, -0.2) is 45.1 Å². The maximum atomic E-state index is 4.16. The van der Waals surface area contributed by atoms with Gasteiger partial charge in [0, 0.05) is 19.8 Å². The molecule has 1 aromatic rings. The van der Waals surface area contributed by atoms with E-state index in [1.807, 2.05) is 57.4 Å². The van der Waals surface area contributed by atoms with Gasteiger partial charge in [0.25, 0.3) is 0 Å². The molecular weight excluding hydrogens is 228 g/mol. The Morgan fingerprint density at radius 3 is 2.22 bits per heavy atom. The van der Waals surface area contributed by atoms with Gasteiger partial charge in [-0.3, -0.25) is 0 Å². The fraction of sp³-hybridized carbons (Fsp3) is 0.333. The van der Waals surface area contributed by atoms with Crippen molar-refractivity contribution in [2.75, 3.05) is 33.1 Å². The molecule has 94 valence electrons. The van der Waals surface area contributed by atoms with Crippen LogP contribution >= 0.6 is 0 Å².